The highest BCUT2D eigenvalue weighted by molar-refractivity contribution is 7.16. The van der Waals surface area contributed by atoms with Gasteiger partial charge in [-0.15, -0.1) is 11.3 Å². The molecular weight excluding hydrogens is 369 g/mol. The van der Waals surface area contributed by atoms with Crippen LogP contribution in [-0.2, 0) is 22.3 Å². The normalized spacial score (nSPS) is 11.5. The lowest BCUT2D eigenvalue weighted by Gasteiger charge is -2.11. The van der Waals surface area contributed by atoms with Crippen molar-refractivity contribution in [3.63, 3.8) is 0 Å². The van der Waals surface area contributed by atoms with Crippen LogP contribution >= 0.6 is 11.3 Å². The zero-order valence-corrected chi connectivity index (χ0v) is 14.3. The Morgan fingerprint density at radius 1 is 1.23 bits per heavy atom. The van der Waals surface area contributed by atoms with E-state index in [-0.39, 0.29) is 17.9 Å². The average Bonchev–Trinajstić information content (AvgIpc) is 3.16. The van der Waals surface area contributed by atoms with Crippen LogP contribution in [-0.4, -0.2) is 23.6 Å². The standard InChI is InChI=1S/C17H13F3N2O3S/c1-25-16(24)13-7-10-5-6-26-15(10)22(13)9-14(23)21-12-4-2-3-11(8-12)17(18,19)20/h2-8H,9H2,1H3,(H,21,23). The Morgan fingerprint density at radius 3 is 2.69 bits per heavy atom. The number of halogens is 3. The number of fused-ring (bicyclic) bond motifs is 1. The van der Waals surface area contributed by atoms with Crippen molar-refractivity contribution in [2.45, 2.75) is 12.7 Å². The van der Waals surface area contributed by atoms with Crippen LogP contribution in [0.25, 0.3) is 10.2 Å². The molecule has 0 aliphatic heterocycles. The first kappa shape index (κ1) is 18.0. The topological polar surface area (TPSA) is 60.3 Å². The molecule has 0 atom stereocenters. The zero-order chi connectivity index (χ0) is 18.9. The molecule has 0 fully saturated rings. The van der Waals surface area contributed by atoms with E-state index in [1.165, 1.54) is 35.1 Å². The number of aromatic nitrogens is 1. The van der Waals surface area contributed by atoms with Crippen LogP contribution in [0.3, 0.4) is 0 Å². The molecule has 0 spiro atoms. The number of alkyl halides is 3. The number of rotatable bonds is 4. The van der Waals surface area contributed by atoms with Gasteiger partial charge >= 0.3 is 12.1 Å². The van der Waals surface area contributed by atoms with Crippen molar-refractivity contribution in [3.8, 4) is 0 Å². The van der Waals surface area contributed by atoms with Gasteiger partial charge in [0.2, 0.25) is 5.91 Å². The van der Waals surface area contributed by atoms with Crippen molar-refractivity contribution in [1.82, 2.24) is 4.57 Å². The summed E-state index contributed by atoms with van der Waals surface area (Å²) in [5, 5.41) is 5.02. The number of anilines is 1. The van der Waals surface area contributed by atoms with Crippen molar-refractivity contribution in [1.29, 1.82) is 0 Å². The maximum atomic E-state index is 12.8. The summed E-state index contributed by atoms with van der Waals surface area (Å²) < 4.78 is 44.5. The smallest absolute Gasteiger partial charge is 0.416 e. The molecule has 3 rings (SSSR count). The van der Waals surface area contributed by atoms with Crippen LogP contribution in [0.5, 0.6) is 0 Å². The third-order valence-electron chi connectivity index (χ3n) is 3.67. The highest BCUT2D eigenvalue weighted by Gasteiger charge is 2.30. The van der Waals surface area contributed by atoms with E-state index >= 15 is 0 Å². The molecule has 26 heavy (non-hydrogen) atoms. The largest absolute Gasteiger partial charge is 0.464 e. The SMILES string of the molecule is COC(=O)c1cc2ccsc2n1CC(=O)Nc1cccc(C(F)(F)F)c1. The summed E-state index contributed by atoms with van der Waals surface area (Å²) >= 11 is 1.34. The van der Waals surface area contributed by atoms with Crippen LogP contribution in [0.2, 0.25) is 0 Å². The fourth-order valence-electron chi connectivity index (χ4n) is 2.52. The number of hydrogen-bond donors (Lipinski definition) is 1. The number of methoxy groups -OCH3 is 1. The molecular formula is C17H13F3N2O3S. The van der Waals surface area contributed by atoms with Crippen molar-refractivity contribution >= 4 is 39.1 Å². The number of esters is 1. The van der Waals surface area contributed by atoms with Gasteiger partial charge in [0, 0.05) is 11.1 Å². The number of ether oxygens (including phenoxy) is 1. The van der Waals surface area contributed by atoms with E-state index < -0.39 is 23.6 Å². The predicted molar refractivity (Wildman–Crippen MR) is 91.2 cm³/mol. The Balaban J connectivity index is 1.84. The number of carbonyl (C=O) groups excluding carboxylic acids is 2. The number of amides is 1. The van der Waals surface area contributed by atoms with Crippen LogP contribution in [0.1, 0.15) is 16.1 Å². The summed E-state index contributed by atoms with van der Waals surface area (Å²) in [5.74, 6) is -1.15. The molecule has 0 aliphatic carbocycles. The van der Waals surface area contributed by atoms with Crippen molar-refractivity contribution < 1.29 is 27.5 Å². The van der Waals surface area contributed by atoms with E-state index in [0.29, 0.717) is 4.83 Å². The first-order valence-corrected chi connectivity index (χ1v) is 8.29. The number of carbonyl (C=O) groups is 2. The third kappa shape index (κ3) is 3.57. The summed E-state index contributed by atoms with van der Waals surface area (Å²) in [6.07, 6.45) is -4.50. The van der Waals surface area contributed by atoms with Gasteiger partial charge in [0.25, 0.3) is 0 Å². The molecule has 9 heteroatoms. The highest BCUT2D eigenvalue weighted by atomic mass is 32.1. The van der Waals surface area contributed by atoms with E-state index in [0.717, 1.165) is 17.5 Å². The monoisotopic (exact) mass is 382 g/mol. The lowest BCUT2D eigenvalue weighted by molar-refractivity contribution is -0.137. The maximum absolute atomic E-state index is 12.8. The molecule has 0 saturated heterocycles. The van der Waals surface area contributed by atoms with Gasteiger partial charge < -0.3 is 14.6 Å². The van der Waals surface area contributed by atoms with Gasteiger partial charge in [0.05, 0.1) is 12.7 Å². The van der Waals surface area contributed by atoms with Crippen LogP contribution in [0.15, 0.2) is 41.8 Å². The Hall–Kier alpha value is -2.81. The molecule has 1 aromatic carbocycles. The lowest BCUT2D eigenvalue weighted by Crippen LogP contribution is -2.21. The molecule has 3 aromatic rings. The second kappa shape index (κ2) is 6.83. The van der Waals surface area contributed by atoms with Crippen LogP contribution < -0.4 is 5.32 Å². The molecule has 136 valence electrons. The van der Waals surface area contributed by atoms with Crippen molar-refractivity contribution in [2.75, 3.05) is 12.4 Å². The third-order valence-corrected chi connectivity index (χ3v) is 4.62. The van der Waals surface area contributed by atoms with Crippen molar-refractivity contribution in [2.24, 2.45) is 0 Å². The van der Waals surface area contributed by atoms with Crippen LogP contribution in [0.4, 0.5) is 18.9 Å². The first-order valence-electron chi connectivity index (χ1n) is 7.42. The summed E-state index contributed by atoms with van der Waals surface area (Å²) in [7, 11) is 1.23. The predicted octanol–water partition coefficient (Wildman–Crippen LogP) is 4.15. The second-order valence-corrected chi connectivity index (χ2v) is 6.31. The summed E-state index contributed by atoms with van der Waals surface area (Å²) in [6, 6.07) is 7.76. The number of hydrogen-bond acceptors (Lipinski definition) is 4. The molecule has 2 aromatic heterocycles. The van der Waals surface area contributed by atoms with Gasteiger partial charge in [-0.1, -0.05) is 6.07 Å². The minimum atomic E-state index is -4.50. The van der Waals surface area contributed by atoms with Gasteiger partial charge in [-0.25, -0.2) is 4.79 Å². The van der Waals surface area contributed by atoms with Crippen LogP contribution in [0, 0.1) is 0 Å². The molecule has 0 bridgehead atoms. The van der Waals surface area contributed by atoms with E-state index in [9.17, 15) is 22.8 Å². The lowest BCUT2D eigenvalue weighted by atomic mass is 10.2. The maximum Gasteiger partial charge on any atom is 0.416 e. The van der Waals surface area contributed by atoms with E-state index in [1.54, 1.807) is 12.1 Å². The fraction of sp³-hybridized carbons (Fsp3) is 0.176. The van der Waals surface area contributed by atoms with E-state index in [4.69, 9.17) is 4.74 Å². The summed E-state index contributed by atoms with van der Waals surface area (Å²) in [4.78, 5) is 24.9. The summed E-state index contributed by atoms with van der Waals surface area (Å²) in [5.41, 5.74) is -0.625. The minimum absolute atomic E-state index is 0.0269. The number of benzene rings is 1. The molecule has 0 aliphatic rings. The second-order valence-electron chi connectivity index (χ2n) is 5.42. The number of nitrogens with zero attached hydrogens (tertiary/aromatic N) is 1. The summed E-state index contributed by atoms with van der Waals surface area (Å²) in [6.45, 7) is -0.231. The van der Waals surface area contributed by atoms with E-state index in [2.05, 4.69) is 5.32 Å². The quantitative estimate of drug-likeness (QED) is 0.690. The Morgan fingerprint density at radius 2 is 2.00 bits per heavy atom. The zero-order valence-electron chi connectivity index (χ0n) is 13.5. The molecule has 2 heterocycles. The molecule has 0 unspecified atom stereocenters. The van der Waals surface area contributed by atoms with Gasteiger partial charge in [-0.2, -0.15) is 13.2 Å². The van der Waals surface area contributed by atoms with Gasteiger partial charge in [-0.3, -0.25) is 4.79 Å². The molecule has 1 amide bonds. The fourth-order valence-corrected chi connectivity index (χ4v) is 3.42. The Labute approximate surface area is 150 Å². The van der Waals surface area contributed by atoms with E-state index in [1.807, 2.05) is 5.38 Å². The minimum Gasteiger partial charge on any atom is -0.464 e. The molecule has 0 radical (unpaired) electrons. The van der Waals surface area contributed by atoms with Crippen molar-refractivity contribution in [3.05, 3.63) is 53.0 Å². The molecule has 1 N–H and O–H groups in total. The van der Waals surface area contributed by atoms with Gasteiger partial charge in [0.15, 0.2) is 0 Å². The Bertz CT molecular complexity index is 975. The highest BCUT2D eigenvalue weighted by Crippen LogP contribution is 2.31. The molecule has 5 nitrogen and oxygen atoms in total. The Kier molecular flexibility index (Phi) is 4.73. The first-order chi connectivity index (χ1) is 12.3. The van der Waals surface area contributed by atoms with Gasteiger partial charge in [-0.05, 0) is 35.7 Å². The number of nitrogens with one attached hydrogen (secondary N) is 1. The average molecular weight is 382 g/mol. The number of thiophene rings is 1. The van der Waals surface area contributed by atoms with Gasteiger partial charge in [0.1, 0.15) is 17.1 Å². The molecule has 0 saturated carbocycles.